The van der Waals surface area contributed by atoms with Crippen molar-refractivity contribution in [1.82, 2.24) is 0 Å². The van der Waals surface area contributed by atoms with Crippen molar-refractivity contribution in [3.8, 4) is 0 Å². The zero-order valence-electron chi connectivity index (χ0n) is 7.52. The lowest BCUT2D eigenvalue weighted by Crippen LogP contribution is -2.04. The molecule has 0 aliphatic carbocycles. The van der Waals surface area contributed by atoms with Crippen LogP contribution in [-0.4, -0.2) is 4.83 Å². The third kappa shape index (κ3) is 6.60. The quantitative estimate of drug-likeness (QED) is 0.614. The average Bonchev–Trinajstić information content (AvgIpc) is 1.58. The van der Waals surface area contributed by atoms with Crippen LogP contribution in [0.25, 0.3) is 0 Å². The van der Waals surface area contributed by atoms with Crippen LogP contribution >= 0.6 is 15.9 Å². The van der Waals surface area contributed by atoms with Gasteiger partial charge >= 0.3 is 0 Å². The maximum absolute atomic E-state index is 3.56. The van der Waals surface area contributed by atoms with Gasteiger partial charge in [0.15, 0.2) is 0 Å². The highest BCUT2D eigenvalue weighted by molar-refractivity contribution is 9.09. The van der Waals surface area contributed by atoms with E-state index in [2.05, 4.69) is 43.6 Å². The van der Waals surface area contributed by atoms with Gasteiger partial charge in [-0.05, 0) is 24.7 Å². The molecule has 62 valence electrons. The zero-order chi connectivity index (χ0) is 8.15. The summed E-state index contributed by atoms with van der Waals surface area (Å²) >= 11 is 3.56. The van der Waals surface area contributed by atoms with E-state index in [0.29, 0.717) is 4.83 Å². The maximum atomic E-state index is 3.56. The molecule has 0 saturated heterocycles. The Morgan fingerprint density at radius 1 is 1.00 bits per heavy atom. The standard InChI is InChI=1S/C9H19Br/c1-7(2)5-8(3)6-9(4)10/h7-9H,5-6H2,1-4H3. The summed E-state index contributed by atoms with van der Waals surface area (Å²) in [6.07, 6.45) is 2.66. The summed E-state index contributed by atoms with van der Waals surface area (Å²) in [6.45, 7) is 9.12. The molecule has 0 aliphatic heterocycles. The molecule has 0 saturated carbocycles. The van der Waals surface area contributed by atoms with Crippen molar-refractivity contribution in [3.63, 3.8) is 0 Å². The minimum Gasteiger partial charge on any atom is -0.0894 e. The summed E-state index contributed by atoms with van der Waals surface area (Å²) in [5.41, 5.74) is 0. The van der Waals surface area contributed by atoms with E-state index < -0.39 is 0 Å². The summed E-state index contributed by atoms with van der Waals surface area (Å²) in [7, 11) is 0. The van der Waals surface area contributed by atoms with Gasteiger partial charge in [-0.2, -0.15) is 0 Å². The molecule has 0 radical (unpaired) electrons. The zero-order valence-corrected chi connectivity index (χ0v) is 9.11. The van der Waals surface area contributed by atoms with Crippen molar-refractivity contribution in [2.75, 3.05) is 0 Å². The summed E-state index contributed by atoms with van der Waals surface area (Å²) < 4.78 is 0. The van der Waals surface area contributed by atoms with Gasteiger partial charge in [-0.25, -0.2) is 0 Å². The van der Waals surface area contributed by atoms with E-state index in [9.17, 15) is 0 Å². The van der Waals surface area contributed by atoms with E-state index in [1.54, 1.807) is 0 Å². The number of hydrogen-bond donors (Lipinski definition) is 0. The first-order chi connectivity index (χ1) is 4.52. The molecule has 1 heteroatoms. The van der Waals surface area contributed by atoms with Gasteiger partial charge in [0.1, 0.15) is 0 Å². The Morgan fingerprint density at radius 2 is 1.50 bits per heavy atom. The van der Waals surface area contributed by atoms with E-state index in [1.807, 2.05) is 0 Å². The fourth-order valence-corrected chi connectivity index (χ4v) is 2.09. The van der Waals surface area contributed by atoms with E-state index >= 15 is 0 Å². The summed E-state index contributed by atoms with van der Waals surface area (Å²) in [5, 5.41) is 0. The predicted molar refractivity (Wildman–Crippen MR) is 51.6 cm³/mol. The molecule has 0 rings (SSSR count). The smallest absolute Gasteiger partial charge is 0.0120 e. The predicted octanol–water partition coefficient (Wildman–Crippen LogP) is 3.84. The number of hydrogen-bond acceptors (Lipinski definition) is 0. The summed E-state index contributed by atoms with van der Waals surface area (Å²) in [6, 6.07) is 0. The molecular formula is C9H19Br. The van der Waals surface area contributed by atoms with Crippen LogP contribution < -0.4 is 0 Å². The van der Waals surface area contributed by atoms with Crippen LogP contribution in [-0.2, 0) is 0 Å². The van der Waals surface area contributed by atoms with Crippen LogP contribution in [0, 0.1) is 11.8 Å². The number of rotatable bonds is 4. The Hall–Kier alpha value is 0.480. The molecular weight excluding hydrogens is 188 g/mol. The van der Waals surface area contributed by atoms with E-state index in [4.69, 9.17) is 0 Å². The largest absolute Gasteiger partial charge is 0.0894 e. The van der Waals surface area contributed by atoms with Crippen LogP contribution in [0.2, 0.25) is 0 Å². The van der Waals surface area contributed by atoms with Crippen LogP contribution in [0.15, 0.2) is 0 Å². The topological polar surface area (TPSA) is 0 Å². The van der Waals surface area contributed by atoms with E-state index in [0.717, 1.165) is 11.8 Å². The second kappa shape index (κ2) is 5.17. The van der Waals surface area contributed by atoms with Crippen LogP contribution in [0.1, 0.15) is 40.5 Å². The molecule has 2 atom stereocenters. The van der Waals surface area contributed by atoms with Crippen LogP contribution in [0.5, 0.6) is 0 Å². The first-order valence-corrected chi connectivity index (χ1v) is 5.08. The number of alkyl halides is 1. The van der Waals surface area contributed by atoms with Crippen molar-refractivity contribution in [1.29, 1.82) is 0 Å². The molecule has 0 heterocycles. The van der Waals surface area contributed by atoms with E-state index in [1.165, 1.54) is 12.8 Å². The van der Waals surface area contributed by atoms with Crippen LogP contribution in [0.4, 0.5) is 0 Å². The van der Waals surface area contributed by atoms with Crippen molar-refractivity contribution in [2.24, 2.45) is 11.8 Å². The molecule has 0 fully saturated rings. The first kappa shape index (κ1) is 10.5. The molecule has 0 bridgehead atoms. The molecule has 0 amide bonds. The monoisotopic (exact) mass is 206 g/mol. The minimum atomic E-state index is 0.682. The third-order valence-corrected chi connectivity index (χ3v) is 1.97. The summed E-state index contributed by atoms with van der Waals surface area (Å²) in [4.78, 5) is 0.682. The van der Waals surface area contributed by atoms with Gasteiger partial charge in [-0.1, -0.05) is 43.6 Å². The van der Waals surface area contributed by atoms with Gasteiger partial charge in [-0.15, -0.1) is 0 Å². The molecule has 10 heavy (non-hydrogen) atoms. The fraction of sp³-hybridized carbons (Fsp3) is 1.00. The maximum Gasteiger partial charge on any atom is 0.0120 e. The average molecular weight is 207 g/mol. The second-order valence-corrected chi connectivity index (χ2v) is 5.31. The lowest BCUT2D eigenvalue weighted by atomic mass is 9.95. The lowest BCUT2D eigenvalue weighted by molar-refractivity contribution is 0.417. The van der Waals surface area contributed by atoms with Gasteiger partial charge in [0.25, 0.3) is 0 Å². The molecule has 0 nitrogen and oxygen atoms in total. The normalized spacial score (nSPS) is 17.4. The highest BCUT2D eigenvalue weighted by atomic mass is 79.9. The molecule has 0 aliphatic rings. The Labute approximate surface area is 73.5 Å². The Balaban J connectivity index is 3.34. The van der Waals surface area contributed by atoms with Crippen molar-refractivity contribution in [2.45, 2.75) is 45.4 Å². The van der Waals surface area contributed by atoms with Gasteiger partial charge in [0.2, 0.25) is 0 Å². The molecule has 0 aromatic carbocycles. The van der Waals surface area contributed by atoms with Crippen molar-refractivity contribution >= 4 is 15.9 Å². The minimum absolute atomic E-state index is 0.682. The highest BCUT2D eigenvalue weighted by Gasteiger charge is 2.07. The Bertz CT molecular complexity index is 66.8. The molecule has 0 aromatic heterocycles. The summed E-state index contributed by atoms with van der Waals surface area (Å²) in [5.74, 6) is 1.72. The van der Waals surface area contributed by atoms with Gasteiger partial charge in [0, 0.05) is 4.83 Å². The molecule has 0 spiro atoms. The lowest BCUT2D eigenvalue weighted by Gasteiger charge is -2.14. The van der Waals surface area contributed by atoms with Gasteiger partial charge in [0.05, 0.1) is 0 Å². The van der Waals surface area contributed by atoms with Crippen molar-refractivity contribution in [3.05, 3.63) is 0 Å². The first-order valence-electron chi connectivity index (χ1n) is 4.16. The third-order valence-electron chi connectivity index (χ3n) is 1.60. The second-order valence-electron chi connectivity index (χ2n) is 3.75. The highest BCUT2D eigenvalue weighted by Crippen LogP contribution is 2.19. The number of halogens is 1. The van der Waals surface area contributed by atoms with Crippen molar-refractivity contribution < 1.29 is 0 Å². The van der Waals surface area contributed by atoms with E-state index in [-0.39, 0.29) is 0 Å². The SMILES string of the molecule is CC(C)CC(C)CC(C)Br. The molecule has 0 N–H and O–H groups in total. The molecule has 0 aromatic rings. The van der Waals surface area contributed by atoms with Crippen LogP contribution in [0.3, 0.4) is 0 Å². The fourth-order valence-electron chi connectivity index (χ4n) is 1.46. The Morgan fingerprint density at radius 3 is 1.80 bits per heavy atom. The molecule has 2 unspecified atom stereocenters. The Kier molecular flexibility index (Phi) is 5.42. The van der Waals surface area contributed by atoms with Gasteiger partial charge in [-0.3, -0.25) is 0 Å². The van der Waals surface area contributed by atoms with Gasteiger partial charge < -0.3 is 0 Å².